The number of ether oxygens (including phenoxy) is 1. The Bertz CT molecular complexity index is 1350. The molecule has 0 radical (unpaired) electrons. The van der Waals surface area contributed by atoms with Crippen LogP contribution >= 0.6 is 34.8 Å². The van der Waals surface area contributed by atoms with Gasteiger partial charge >= 0.3 is 6.09 Å². The third kappa shape index (κ3) is 7.31. The normalized spacial score (nSPS) is 17.1. The van der Waals surface area contributed by atoms with E-state index in [0.29, 0.717) is 59.9 Å². The van der Waals surface area contributed by atoms with Crippen LogP contribution in [0.15, 0.2) is 23.4 Å². The number of fused-ring (bicyclic) bond motifs is 1. The minimum Gasteiger partial charge on any atom is -0.447 e. The largest absolute Gasteiger partial charge is 0.447 e. The second kappa shape index (κ2) is 12.0. The first-order valence-corrected chi connectivity index (χ1v) is 14.7. The Labute approximate surface area is 249 Å². The Morgan fingerprint density at radius 2 is 1.85 bits per heavy atom. The van der Waals surface area contributed by atoms with Gasteiger partial charge in [-0.05, 0) is 25.8 Å². The summed E-state index contributed by atoms with van der Waals surface area (Å²) in [7, 11) is 2.61. The van der Waals surface area contributed by atoms with Crippen LogP contribution < -0.4 is 20.4 Å². The fourth-order valence-corrected chi connectivity index (χ4v) is 5.43. The monoisotopic (exact) mass is 630 g/mol. The predicted molar refractivity (Wildman–Crippen MR) is 156 cm³/mol. The van der Waals surface area contributed by atoms with Gasteiger partial charge in [-0.15, -0.1) is 0 Å². The molecule has 0 saturated heterocycles. The number of aromatic nitrogens is 4. The minimum atomic E-state index is -2.30. The van der Waals surface area contributed by atoms with E-state index in [2.05, 4.69) is 21.4 Å². The number of nitrogens with zero attached hydrogens (tertiary/aromatic N) is 6. The predicted octanol–water partition coefficient (Wildman–Crippen LogP) is 3.10. The number of rotatable bonds is 7. The number of aryl methyl sites for hydroxylation is 1. The summed E-state index contributed by atoms with van der Waals surface area (Å²) in [6, 6.07) is 0. The Kier molecular flexibility index (Phi) is 9.08. The zero-order valence-electron chi connectivity index (χ0n) is 22.3. The average molecular weight is 632 g/mol. The van der Waals surface area contributed by atoms with Crippen molar-refractivity contribution in [2.45, 2.75) is 40.9 Å². The maximum atomic E-state index is 12.8. The van der Waals surface area contributed by atoms with E-state index in [1.54, 1.807) is 26.2 Å². The molecule has 2 aromatic heterocycles. The lowest BCUT2D eigenvalue weighted by Crippen LogP contribution is -2.43. The number of nitrogens with one attached hydrogen (secondary N) is 2. The van der Waals surface area contributed by atoms with E-state index in [1.165, 1.54) is 0 Å². The lowest BCUT2D eigenvalue weighted by atomic mass is 10.1. The van der Waals surface area contributed by atoms with E-state index in [1.807, 2.05) is 29.2 Å². The standard InChI is InChI=1S/C24H29Cl3N8O4S/c1-23(2,13-39-22(37)32-20(36)24(25,26)27)33-19-17-16(7-10-40(17)38)30-21(31-19)35-8-5-14(6-9-35)18-28-11-15(12-29-18)34(3)4/h5,11-12H,6-10,13H2,1-4H3,(H,30,31,33)(H,32,36,37)/t40-/m1/s1. The number of anilines is 3. The highest BCUT2D eigenvalue weighted by Gasteiger charge is 2.34. The maximum absolute atomic E-state index is 12.8. The molecule has 0 unspecified atom stereocenters. The van der Waals surface area contributed by atoms with Crippen molar-refractivity contribution in [1.82, 2.24) is 25.3 Å². The summed E-state index contributed by atoms with van der Waals surface area (Å²) in [6.07, 6.45) is 5.85. The van der Waals surface area contributed by atoms with Crippen LogP contribution in [-0.2, 0) is 26.8 Å². The molecule has 40 heavy (non-hydrogen) atoms. The number of carbonyl (C=O) groups is 2. The van der Waals surface area contributed by atoms with Gasteiger partial charge in [0.1, 0.15) is 17.3 Å². The van der Waals surface area contributed by atoms with E-state index >= 15 is 0 Å². The highest BCUT2D eigenvalue weighted by molar-refractivity contribution is 7.85. The molecule has 12 nitrogen and oxygen atoms in total. The molecule has 216 valence electrons. The number of alkyl carbamates (subject to hydrolysis) is 1. The molecule has 4 rings (SSSR count). The molecule has 0 aliphatic carbocycles. The van der Waals surface area contributed by atoms with Crippen molar-refractivity contribution >= 4 is 80.6 Å². The number of imide groups is 1. The molecule has 0 spiro atoms. The fraction of sp³-hybridized carbons (Fsp3) is 0.500. The van der Waals surface area contributed by atoms with Crippen molar-refractivity contribution in [3.63, 3.8) is 0 Å². The van der Waals surface area contributed by atoms with E-state index in [-0.39, 0.29) is 6.61 Å². The summed E-state index contributed by atoms with van der Waals surface area (Å²) in [5.74, 6) is 0.920. The van der Waals surface area contributed by atoms with Gasteiger partial charge in [0.05, 0.1) is 40.1 Å². The lowest BCUT2D eigenvalue weighted by Gasteiger charge is -2.30. The van der Waals surface area contributed by atoms with Crippen LogP contribution in [0.2, 0.25) is 0 Å². The van der Waals surface area contributed by atoms with Crippen molar-refractivity contribution in [3.05, 3.63) is 30.0 Å². The van der Waals surface area contributed by atoms with Gasteiger partial charge in [0, 0.05) is 39.4 Å². The van der Waals surface area contributed by atoms with Crippen molar-refractivity contribution < 1.29 is 18.5 Å². The van der Waals surface area contributed by atoms with Crippen molar-refractivity contribution in [2.24, 2.45) is 0 Å². The SMILES string of the molecule is CN(C)c1cnc(C2=CCN(c3nc4c(c(NC(C)(C)COC(=O)NC(=O)C(Cl)(Cl)Cl)n3)[S@](=O)CC4)CC2)nc1. The van der Waals surface area contributed by atoms with Crippen LogP contribution in [0.4, 0.5) is 22.2 Å². The Morgan fingerprint density at radius 3 is 2.45 bits per heavy atom. The van der Waals surface area contributed by atoms with Crippen LogP contribution in [-0.4, -0.2) is 85.0 Å². The van der Waals surface area contributed by atoms with Crippen molar-refractivity contribution in [3.8, 4) is 0 Å². The second-order valence-electron chi connectivity index (χ2n) is 10.1. The fourth-order valence-electron chi connectivity index (χ4n) is 3.98. The molecule has 2 amide bonds. The zero-order valence-corrected chi connectivity index (χ0v) is 25.4. The minimum absolute atomic E-state index is 0.171. The molecule has 2 aliphatic heterocycles. The lowest BCUT2D eigenvalue weighted by molar-refractivity contribution is -0.119. The molecule has 0 saturated carbocycles. The topological polar surface area (TPSA) is 143 Å². The summed E-state index contributed by atoms with van der Waals surface area (Å²) < 4.78 is 15.6. The zero-order chi connectivity index (χ0) is 29.2. The molecule has 4 heterocycles. The number of hydrogen-bond donors (Lipinski definition) is 2. The van der Waals surface area contributed by atoms with Gasteiger partial charge in [-0.2, -0.15) is 4.98 Å². The maximum Gasteiger partial charge on any atom is 0.414 e. The summed E-state index contributed by atoms with van der Waals surface area (Å²) >= 11 is 16.4. The number of alkyl halides is 3. The first-order chi connectivity index (χ1) is 18.7. The van der Waals surface area contributed by atoms with E-state index in [0.717, 1.165) is 11.3 Å². The molecule has 1 atom stereocenters. The summed E-state index contributed by atoms with van der Waals surface area (Å²) in [4.78, 5) is 46.7. The molecule has 2 aliphatic rings. The Morgan fingerprint density at radius 1 is 1.15 bits per heavy atom. The molecule has 0 bridgehead atoms. The van der Waals surface area contributed by atoms with Crippen LogP contribution in [0.5, 0.6) is 0 Å². The second-order valence-corrected chi connectivity index (χ2v) is 13.9. The van der Waals surface area contributed by atoms with Gasteiger partial charge in [-0.3, -0.25) is 14.3 Å². The van der Waals surface area contributed by atoms with E-state index in [4.69, 9.17) is 49.5 Å². The Balaban J connectivity index is 1.47. The van der Waals surface area contributed by atoms with Crippen molar-refractivity contribution in [2.75, 3.05) is 54.7 Å². The quantitative estimate of drug-likeness (QED) is 0.435. The first kappa shape index (κ1) is 30.2. The van der Waals surface area contributed by atoms with E-state index in [9.17, 15) is 13.8 Å². The van der Waals surface area contributed by atoms with Gasteiger partial charge in [0.15, 0.2) is 5.82 Å². The van der Waals surface area contributed by atoms with Crippen LogP contribution in [0.1, 0.15) is 31.8 Å². The van der Waals surface area contributed by atoms with Crippen LogP contribution in [0, 0.1) is 0 Å². The molecular formula is C24H29Cl3N8O4S. The highest BCUT2D eigenvalue weighted by Crippen LogP contribution is 2.33. The first-order valence-electron chi connectivity index (χ1n) is 12.3. The Hall–Kier alpha value is -2.74. The molecule has 2 aromatic rings. The summed E-state index contributed by atoms with van der Waals surface area (Å²) in [5, 5.41) is 5.10. The molecule has 16 heteroatoms. The molecule has 2 N–H and O–H groups in total. The third-order valence-electron chi connectivity index (χ3n) is 6.10. The van der Waals surface area contributed by atoms with Gasteiger partial charge in [0.2, 0.25) is 5.95 Å². The third-order valence-corrected chi connectivity index (χ3v) is 8.08. The highest BCUT2D eigenvalue weighted by atomic mass is 35.6. The van der Waals surface area contributed by atoms with Crippen molar-refractivity contribution in [1.29, 1.82) is 0 Å². The molecular weight excluding hydrogens is 603 g/mol. The smallest absolute Gasteiger partial charge is 0.414 e. The molecule has 0 aromatic carbocycles. The van der Waals surface area contributed by atoms with E-state index < -0.39 is 32.1 Å². The number of carbonyl (C=O) groups excluding carboxylic acids is 2. The number of halogens is 3. The van der Waals surface area contributed by atoms with Gasteiger partial charge in [0.25, 0.3) is 9.70 Å². The van der Waals surface area contributed by atoms with Gasteiger partial charge in [-0.25, -0.2) is 19.7 Å². The van der Waals surface area contributed by atoms with Crippen LogP contribution in [0.25, 0.3) is 5.57 Å². The number of amides is 2. The summed E-state index contributed by atoms with van der Waals surface area (Å²) in [5.41, 5.74) is 1.83. The number of hydrogen-bond acceptors (Lipinski definition) is 11. The van der Waals surface area contributed by atoms with Gasteiger partial charge in [-0.1, -0.05) is 40.9 Å². The van der Waals surface area contributed by atoms with Crippen LogP contribution in [0.3, 0.4) is 0 Å². The summed E-state index contributed by atoms with van der Waals surface area (Å²) in [6.45, 7) is 4.56. The van der Waals surface area contributed by atoms with Gasteiger partial charge < -0.3 is 19.9 Å². The molecule has 0 fully saturated rings. The average Bonchev–Trinajstić information content (AvgIpc) is 3.28.